The molecule has 0 atom stereocenters. The van der Waals surface area contributed by atoms with Gasteiger partial charge in [-0.2, -0.15) is 0 Å². The maximum absolute atomic E-state index is 12.3. The number of carbonyl (C=O) groups excluding carboxylic acids is 2. The number of aromatic nitrogens is 1. The molecule has 2 aromatic heterocycles. The van der Waals surface area contributed by atoms with E-state index in [1.54, 1.807) is 17.0 Å². The van der Waals surface area contributed by atoms with Crippen molar-refractivity contribution in [1.82, 2.24) is 15.2 Å². The number of para-hydroxylation sites is 1. The first-order valence-electron chi connectivity index (χ1n) is 9.88. The number of furan rings is 1. The van der Waals surface area contributed by atoms with Gasteiger partial charge in [-0.25, -0.2) is 0 Å². The minimum absolute atomic E-state index is 0.0755. The number of likely N-dealkylation sites (tertiary alicyclic amines) is 1. The second-order valence-corrected chi connectivity index (χ2v) is 7.32. The van der Waals surface area contributed by atoms with E-state index < -0.39 is 0 Å². The van der Waals surface area contributed by atoms with Crippen molar-refractivity contribution >= 4 is 22.7 Å². The number of aromatic amines is 1. The summed E-state index contributed by atoms with van der Waals surface area (Å²) in [5.74, 6) is 0.393. The number of piperidine rings is 1. The second-order valence-electron chi connectivity index (χ2n) is 7.32. The Bertz CT molecular complexity index is 937. The van der Waals surface area contributed by atoms with E-state index in [2.05, 4.69) is 22.4 Å². The van der Waals surface area contributed by atoms with Gasteiger partial charge in [0, 0.05) is 42.7 Å². The largest absolute Gasteiger partial charge is 0.459 e. The number of amides is 2. The Morgan fingerprint density at radius 2 is 1.96 bits per heavy atom. The van der Waals surface area contributed by atoms with Crippen LogP contribution in [-0.2, 0) is 11.2 Å². The molecule has 0 spiro atoms. The van der Waals surface area contributed by atoms with Gasteiger partial charge in [0.2, 0.25) is 5.91 Å². The first-order valence-corrected chi connectivity index (χ1v) is 9.88. The number of benzene rings is 1. The van der Waals surface area contributed by atoms with Crippen molar-refractivity contribution < 1.29 is 14.0 Å². The van der Waals surface area contributed by atoms with Gasteiger partial charge in [0.15, 0.2) is 5.76 Å². The summed E-state index contributed by atoms with van der Waals surface area (Å²) < 4.78 is 5.18. The number of fused-ring (bicyclic) bond motifs is 1. The summed E-state index contributed by atoms with van der Waals surface area (Å²) in [6.07, 6.45) is 7.33. The maximum atomic E-state index is 12.3. The van der Waals surface area contributed by atoms with Crippen molar-refractivity contribution in [1.29, 1.82) is 0 Å². The minimum Gasteiger partial charge on any atom is -0.459 e. The van der Waals surface area contributed by atoms with Gasteiger partial charge in [0.25, 0.3) is 5.91 Å². The van der Waals surface area contributed by atoms with Crippen molar-refractivity contribution in [2.45, 2.75) is 38.1 Å². The topological polar surface area (TPSA) is 78.3 Å². The summed E-state index contributed by atoms with van der Waals surface area (Å²) in [5, 5.41) is 4.36. The molecule has 0 bridgehead atoms. The van der Waals surface area contributed by atoms with Crippen LogP contribution in [-0.4, -0.2) is 40.8 Å². The quantitative estimate of drug-likeness (QED) is 0.688. The van der Waals surface area contributed by atoms with Crippen molar-refractivity contribution in [3.63, 3.8) is 0 Å². The zero-order valence-corrected chi connectivity index (χ0v) is 15.8. The zero-order valence-electron chi connectivity index (χ0n) is 15.8. The molecule has 6 nitrogen and oxygen atoms in total. The summed E-state index contributed by atoms with van der Waals surface area (Å²) in [4.78, 5) is 29.6. The van der Waals surface area contributed by atoms with E-state index >= 15 is 0 Å². The Kier molecular flexibility index (Phi) is 5.46. The fourth-order valence-electron chi connectivity index (χ4n) is 3.86. The van der Waals surface area contributed by atoms with E-state index in [-0.39, 0.29) is 17.9 Å². The van der Waals surface area contributed by atoms with Gasteiger partial charge in [-0.3, -0.25) is 9.59 Å². The molecule has 2 amide bonds. The highest BCUT2D eigenvalue weighted by Crippen LogP contribution is 2.19. The van der Waals surface area contributed by atoms with Crippen molar-refractivity contribution in [2.75, 3.05) is 13.1 Å². The van der Waals surface area contributed by atoms with E-state index in [9.17, 15) is 9.59 Å². The van der Waals surface area contributed by atoms with Gasteiger partial charge < -0.3 is 19.6 Å². The molecule has 1 aliphatic rings. The first-order chi connectivity index (χ1) is 13.7. The highest BCUT2D eigenvalue weighted by molar-refractivity contribution is 5.91. The summed E-state index contributed by atoms with van der Waals surface area (Å²) in [6, 6.07) is 11.8. The molecule has 0 radical (unpaired) electrons. The van der Waals surface area contributed by atoms with Crippen molar-refractivity contribution in [3.05, 3.63) is 60.2 Å². The Labute approximate surface area is 163 Å². The lowest BCUT2D eigenvalue weighted by Gasteiger charge is -2.31. The number of H-pyrrole nitrogens is 1. The Morgan fingerprint density at radius 1 is 1.14 bits per heavy atom. The van der Waals surface area contributed by atoms with Crippen molar-refractivity contribution in [3.8, 4) is 0 Å². The van der Waals surface area contributed by atoms with E-state index in [0.717, 1.165) is 31.2 Å². The fourth-order valence-corrected chi connectivity index (χ4v) is 3.86. The van der Waals surface area contributed by atoms with Crippen LogP contribution in [0.5, 0.6) is 0 Å². The van der Waals surface area contributed by atoms with Crippen LogP contribution >= 0.6 is 0 Å². The Morgan fingerprint density at radius 3 is 2.75 bits per heavy atom. The zero-order chi connectivity index (χ0) is 19.3. The van der Waals surface area contributed by atoms with Crippen LogP contribution in [0.3, 0.4) is 0 Å². The molecule has 4 rings (SSSR count). The summed E-state index contributed by atoms with van der Waals surface area (Å²) in [7, 11) is 0. The van der Waals surface area contributed by atoms with Crippen LogP contribution in [0.4, 0.5) is 0 Å². The lowest BCUT2D eigenvalue weighted by atomic mass is 10.0. The molecular formula is C22H25N3O3. The van der Waals surface area contributed by atoms with Crippen LogP contribution in [0, 0.1) is 0 Å². The minimum atomic E-state index is -0.0755. The molecule has 1 aromatic carbocycles. The monoisotopic (exact) mass is 379 g/mol. The standard InChI is InChI=1S/C22H25N3O3/c26-21(9-3-5-16-15-23-19-7-2-1-6-18(16)19)24-17-10-12-25(13-11-17)22(27)20-8-4-14-28-20/h1-2,4,6-8,14-15,17,23H,3,5,9-13H2,(H,24,26). The van der Waals surface area contributed by atoms with Gasteiger partial charge in [0.05, 0.1) is 6.26 Å². The van der Waals surface area contributed by atoms with Gasteiger partial charge in [-0.15, -0.1) is 0 Å². The predicted molar refractivity (Wildman–Crippen MR) is 107 cm³/mol. The van der Waals surface area contributed by atoms with E-state index in [1.807, 2.05) is 18.3 Å². The van der Waals surface area contributed by atoms with E-state index in [1.165, 1.54) is 17.2 Å². The highest BCUT2D eigenvalue weighted by atomic mass is 16.3. The molecule has 0 aliphatic carbocycles. The number of rotatable bonds is 6. The summed E-state index contributed by atoms with van der Waals surface area (Å²) in [5.41, 5.74) is 2.39. The van der Waals surface area contributed by atoms with Gasteiger partial charge in [0.1, 0.15) is 0 Å². The van der Waals surface area contributed by atoms with Gasteiger partial charge in [-0.05, 0) is 49.4 Å². The van der Waals surface area contributed by atoms with E-state index in [4.69, 9.17) is 4.42 Å². The van der Waals surface area contributed by atoms with Crippen LogP contribution in [0.15, 0.2) is 53.3 Å². The van der Waals surface area contributed by atoms with Crippen LogP contribution in [0.2, 0.25) is 0 Å². The number of hydrogen-bond acceptors (Lipinski definition) is 3. The molecule has 6 heteroatoms. The van der Waals surface area contributed by atoms with Crippen molar-refractivity contribution in [2.24, 2.45) is 0 Å². The number of aryl methyl sites for hydroxylation is 1. The third-order valence-electron chi connectivity index (χ3n) is 5.40. The van der Waals surface area contributed by atoms with Gasteiger partial charge in [-0.1, -0.05) is 18.2 Å². The molecule has 3 heterocycles. The molecule has 1 aliphatic heterocycles. The predicted octanol–water partition coefficient (Wildman–Crippen LogP) is 3.50. The average Bonchev–Trinajstić information content (AvgIpc) is 3.39. The van der Waals surface area contributed by atoms with Crippen LogP contribution in [0.25, 0.3) is 10.9 Å². The molecule has 146 valence electrons. The second kappa shape index (κ2) is 8.33. The Hall–Kier alpha value is -3.02. The third-order valence-corrected chi connectivity index (χ3v) is 5.40. The average molecular weight is 379 g/mol. The Balaban J connectivity index is 1.19. The highest BCUT2D eigenvalue weighted by Gasteiger charge is 2.25. The lowest BCUT2D eigenvalue weighted by Crippen LogP contribution is -2.46. The fraction of sp³-hybridized carbons (Fsp3) is 0.364. The molecular weight excluding hydrogens is 354 g/mol. The summed E-state index contributed by atoms with van der Waals surface area (Å²) in [6.45, 7) is 1.28. The van der Waals surface area contributed by atoms with E-state index in [0.29, 0.717) is 25.3 Å². The van der Waals surface area contributed by atoms with Crippen LogP contribution < -0.4 is 5.32 Å². The number of carbonyl (C=O) groups is 2. The SMILES string of the molecule is O=C(CCCc1c[nH]c2ccccc12)NC1CCN(C(=O)c2ccco2)CC1. The molecule has 28 heavy (non-hydrogen) atoms. The van der Waals surface area contributed by atoms with Crippen LogP contribution in [0.1, 0.15) is 41.8 Å². The number of nitrogens with one attached hydrogen (secondary N) is 2. The lowest BCUT2D eigenvalue weighted by molar-refractivity contribution is -0.122. The molecule has 0 saturated carbocycles. The molecule has 3 aromatic rings. The smallest absolute Gasteiger partial charge is 0.289 e. The summed E-state index contributed by atoms with van der Waals surface area (Å²) >= 11 is 0. The maximum Gasteiger partial charge on any atom is 0.289 e. The molecule has 1 saturated heterocycles. The molecule has 0 unspecified atom stereocenters. The normalized spacial score (nSPS) is 15.1. The molecule has 1 fully saturated rings. The molecule has 2 N–H and O–H groups in total. The number of hydrogen-bond donors (Lipinski definition) is 2. The first kappa shape index (κ1) is 18.3. The third kappa shape index (κ3) is 4.11. The number of nitrogens with zero attached hydrogens (tertiary/aromatic N) is 1. The van der Waals surface area contributed by atoms with Gasteiger partial charge >= 0.3 is 0 Å².